The van der Waals surface area contributed by atoms with Gasteiger partial charge < -0.3 is 5.11 Å². The molecule has 1 aliphatic rings. The van der Waals surface area contributed by atoms with Crippen LogP contribution in [0.2, 0.25) is 0 Å². The van der Waals surface area contributed by atoms with Crippen molar-refractivity contribution in [2.24, 2.45) is 5.92 Å². The summed E-state index contributed by atoms with van der Waals surface area (Å²) in [5, 5.41) is 19.6. The predicted molar refractivity (Wildman–Crippen MR) is 54.0 cm³/mol. The number of hydrogen-bond donors (Lipinski definition) is 1. The van der Waals surface area contributed by atoms with Crippen molar-refractivity contribution in [2.45, 2.75) is 56.8 Å². The molecule has 0 heterocycles. The first kappa shape index (κ1) is 14.2. The lowest BCUT2D eigenvalue weighted by atomic mass is 9.84. The van der Waals surface area contributed by atoms with Gasteiger partial charge in [-0.3, -0.25) is 10.1 Å². The zero-order valence-corrected chi connectivity index (χ0v) is 9.32. The molecule has 0 aromatic carbocycles. The number of nitrogens with zero attached hydrogens (tertiary/aromatic N) is 1. The van der Waals surface area contributed by atoms with E-state index in [0.717, 1.165) is 32.1 Å². The van der Waals surface area contributed by atoms with Crippen molar-refractivity contribution in [1.82, 2.24) is 0 Å². The van der Waals surface area contributed by atoms with Crippen molar-refractivity contribution >= 4 is 0 Å². The standard InChI is InChI=1S/C10H16F3NO3/c11-10(12,13)9(15)8(14(16)17)6-7-4-2-1-3-5-7/h7-9,15H,1-6H2. The first-order valence-corrected chi connectivity index (χ1v) is 5.70. The summed E-state index contributed by atoms with van der Waals surface area (Å²) in [5.74, 6) is -0.0730. The highest BCUT2D eigenvalue weighted by molar-refractivity contribution is 4.79. The summed E-state index contributed by atoms with van der Waals surface area (Å²) in [5.41, 5.74) is 0. The molecule has 0 radical (unpaired) electrons. The van der Waals surface area contributed by atoms with Crippen molar-refractivity contribution in [1.29, 1.82) is 0 Å². The van der Waals surface area contributed by atoms with Gasteiger partial charge in [-0.15, -0.1) is 0 Å². The maximum absolute atomic E-state index is 12.3. The van der Waals surface area contributed by atoms with E-state index < -0.39 is 23.2 Å². The van der Waals surface area contributed by atoms with Gasteiger partial charge in [0.2, 0.25) is 12.1 Å². The van der Waals surface area contributed by atoms with Gasteiger partial charge in [-0.2, -0.15) is 13.2 Å². The second kappa shape index (κ2) is 5.66. The Morgan fingerprint density at radius 3 is 2.24 bits per heavy atom. The van der Waals surface area contributed by atoms with E-state index in [2.05, 4.69) is 0 Å². The van der Waals surface area contributed by atoms with Gasteiger partial charge in [0.15, 0.2) is 0 Å². The van der Waals surface area contributed by atoms with Crippen LogP contribution in [0.3, 0.4) is 0 Å². The minimum atomic E-state index is -4.92. The van der Waals surface area contributed by atoms with Gasteiger partial charge >= 0.3 is 6.18 Å². The molecular weight excluding hydrogens is 239 g/mol. The smallest absolute Gasteiger partial charge is 0.378 e. The number of alkyl halides is 3. The van der Waals surface area contributed by atoms with Crippen LogP contribution in [0.4, 0.5) is 13.2 Å². The largest absolute Gasteiger partial charge is 0.421 e. The number of aliphatic hydroxyl groups excluding tert-OH is 1. The second-order valence-corrected chi connectivity index (χ2v) is 4.58. The summed E-state index contributed by atoms with van der Waals surface area (Å²) in [6.07, 6.45) is -3.71. The molecule has 1 fully saturated rings. The lowest BCUT2D eigenvalue weighted by Gasteiger charge is -2.25. The molecule has 1 rings (SSSR count). The van der Waals surface area contributed by atoms with Crippen molar-refractivity contribution in [3.05, 3.63) is 10.1 Å². The summed E-state index contributed by atoms with van der Waals surface area (Å²) >= 11 is 0. The van der Waals surface area contributed by atoms with Crippen molar-refractivity contribution in [3.63, 3.8) is 0 Å². The molecule has 100 valence electrons. The Hall–Kier alpha value is -0.850. The Kier molecular flexibility index (Phi) is 4.73. The van der Waals surface area contributed by atoms with Crippen LogP contribution in [-0.4, -0.2) is 28.4 Å². The fraction of sp³-hybridized carbons (Fsp3) is 1.00. The molecule has 0 bridgehead atoms. The average molecular weight is 255 g/mol. The molecule has 0 saturated heterocycles. The molecule has 2 unspecified atom stereocenters. The molecule has 0 aliphatic heterocycles. The molecule has 0 aromatic rings. The summed E-state index contributed by atoms with van der Waals surface area (Å²) in [6.45, 7) is 0. The van der Waals surface area contributed by atoms with Gasteiger partial charge in [-0.05, 0) is 5.92 Å². The third-order valence-electron chi connectivity index (χ3n) is 3.27. The van der Waals surface area contributed by atoms with Crippen LogP contribution in [0.1, 0.15) is 38.5 Å². The summed E-state index contributed by atoms with van der Waals surface area (Å²) in [4.78, 5) is 9.60. The van der Waals surface area contributed by atoms with Crippen molar-refractivity contribution in [3.8, 4) is 0 Å². The van der Waals surface area contributed by atoms with Crippen LogP contribution in [0.5, 0.6) is 0 Å². The summed E-state index contributed by atoms with van der Waals surface area (Å²) in [6, 6.07) is -1.93. The normalized spacial score (nSPS) is 22.1. The minimum absolute atomic E-state index is 0.0730. The fourth-order valence-corrected chi connectivity index (χ4v) is 2.31. The quantitative estimate of drug-likeness (QED) is 0.620. The fourth-order valence-electron chi connectivity index (χ4n) is 2.31. The van der Waals surface area contributed by atoms with Crippen molar-refractivity contribution < 1.29 is 23.2 Å². The molecule has 2 atom stereocenters. The second-order valence-electron chi connectivity index (χ2n) is 4.58. The zero-order chi connectivity index (χ0) is 13.1. The Balaban J connectivity index is 2.62. The van der Waals surface area contributed by atoms with Crippen LogP contribution < -0.4 is 0 Å². The molecule has 4 nitrogen and oxygen atoms in total. The first-order valence-electron chi connectivity index (χ1n) is 5.70. The number of hydrogen-bond acceptors (Lipinski definition) is 3. The topological polar surface area (TPSA) is 63.4 Å². The molecule has 0 aromatic heterocycles. The molecular formula is C10H16F3NO3. The maximum Gasteiger partial charge on any atom is 0.421 e. The number of rotatable bonds is 4. The van der Waals surface area contributed by atoms with Crippen LogP contribution in [-0.2, 0) is 0 Å². The molecule has 0 amide bonds. The Labute approximate surface area is 97.0 Å². The van der Waals surface area contributed by atoms with Gasteiger partial charge in [-0.25, -0.2) is 0 Å². The Bertz CT molecular complexity index is 264. The van der Waals surface area contributed by atoms with Crippen molar-refractivity contribution in [2.75, 3.05) is 0 Å². The Morgan fingerprint density at radius 1 is 1.29 bits per heavy atom. The predicted octanol–water partition coefficient (Wildman–Crippen LogP) is 2.53. The van der Waals surface area contributed by atoms with E-state index in [-0.39, 0.29) is 12.3 Å². The van der Waals surface area contributed by atoms with Crippen LogP contribution >= 0.6 is 0 Å². The number of nitro groups is 1. The molecule has 1 N–H and O–H groups in total. The van der Waals surface area contributed by atoms with Crippen LogP contribution in [0.25, 0.3) is 0 Å². The van der Waals surface area contributed by atoms with E-state index in [4.69, 9.17) is 5.11 Å². The number of aliphatic hydroxyl groups is 1. The van der Waals surface area contributed by atoms with E-state index in [1.165, 1.54) is 0 Å². The highest BCUT2D eigenvalue weighted by Crippen LogP contribution is 2.32. The first-order chi connectivity index (χ1) is 7.82. The third kappa shape index (κ3) is 4.14. The van der Waals surface area contributed by atoms with Crippen LogP contribution in [0.15, 0.2) is 0 Å². The molecule has 17 heavy (non-hydrogen) atoms. The minimum Gasteiger partial charge on any atom is -0.378 e. The van der Waals surface area contributed by atoms with Gasteiger partial charge in [-0.1, -0.05) is 32.1 Å². The lowest BCUT2D eigenvalue weighted by molar-refractivity contribution is -0.546. The highest BCUT2D eigenvalue weighted by atomic mass is 19.4. The molecule has 1 saturated carbocycles. The van der Waals surface area contributed by atoms with E-state index in [1.807, 2.05) is 0 Å². The SMILES string of the molecule is O=[N+]([O-])C(CC1CCCCC1)C(O)C(F)(F)F. The molecule has 0 spiro atoms. The molecule has 1 aliphatic carbocycles. The monoisotopic (exact) mass is 255 g/mol. The number of halogens is 3. The molecule has 7 heteroatoms. The average Bonchev–Trinajstić information content (AvgIpc) is 2.24. The van der Waals surface area contributed by atoms with E-state index >= 15 is 0 Å². The van der Waals surface area contributed by atoms with E-state index in [0.29, 0.717) is 0 Å². The third-order valence-corrected chi connectivity index (χ3v) is 3.27. The summed E-state index contributed by atoms with van der Waals surface area (Å²) < 4.78 is 36.8. The maximum atomic E-state index is 12.3. The Morgan fingerprint density at radius 2 is 1.82 bits per heavy atom. The van der Waals surface area contributed by atoms with Gasteiger partial charge in [0.05, 0.1) is 0 Å². The highest BCUT2D eigenvalue weighted by Gasteiger charge is 2.50. The zero-order valence-electron chi connectivity index (χ0n) is 9.32. The summed E-state index contributed by atoms with van der Waals surface area (Å²) in [7, 11) is 0. The lowest BCUT2D eigenvalue weighted by Crippen LogP contribution is -2.45. The van der Waals surface area contributed by atoms with Crippen LogP contribution in [0, 0.1) is 16.0 Å². The van der Waals surface area contributed by atoms with E-state index in [1.54, 1.807) is 0 Å². The van der Waals surface area contributed by atoms with Gasteiger partial charge in [0.25, 0.3) is 0 Å². The van der Waals surface area contributed by atoms with Gasteiger partial charge in [0.1, 0.15) is 0 Å². The van der Waals surface area contributed by atoms with E-state index in [9.17, 15) is 23.3 Å². The van der Waals surface area contributed by atoms with Gasteiger partial charge in [0, 0.05) is 11.3 Å².